The van der Waals surface area contributed by atoms with Gasteiger partial charge in [-0.3, -0.25) is 4.79 Å². The topological polar surface area (TPSA) is 59.3 Å². The quantitative estimate of drug-likeness (QED) is 0.238. The largest absolute Gasteiger partial charge is 0.457 e. The lowest BCUT2D eigenvalue weighted by Gasteiger charge is -2.21. The Labute approximate surface area is 209 Å². The molecule has 4 atom stereocenters. The lowest BCUT2D eigenvalue weighted by molar-refractivity contribution is -0.149. The molecule has 0 radical (unpaired) electrons. The summed E-state index contributed by atoms with van der Waals surface area (Å²) in [5, 5.41) is 9.65. The number of para-hydroxylation sites is 1. The highest BCUT2D eigenvalue weighted by Gasteiger charge is 2.67. The molecule has 3 rings (SSSR count). The van der Waals surface area contributed by atoms with Crippen molar-refractivity contribution in [2.24, 2.45) is 17.3 Å². The fourth-order valence-electron chi connectivity index (χ4n) is 3.60. The van der Waals surface area contributed by atoms with Crippen LogP contribution in [0.1, 0.15) is 25.5 Å². The van der Waals surface area contributed by atoms with Crippen LogP contribution in [0.5, 0.6) is 11.5 Å². The van der Waals surface area contributed by atoms with Crippen LogP contribution in [0.4, 0.5) is 0 Å². The summed E-state index contributed by atoms with van der Waals surface area (Å²) in [6.45, 7) is 4.04. The van der Waals surface area contributed by atoms with E-state index >= 15 is 0 Å². The van der Waals surface area contributed by atoms with Gasteiger partial charge in [-0.2, -0.15) is 5.26 Å². The van der Waals surface area contributed by atoms with E-state index in [1.165, 1.54) is 0 Å². The van der Waals surface area contributed by atoms with Gasteiger partial charge in [-0.25, -0.2) is 0 Å². The molecule has 2 aromatic rings. The van der Waals surface area contributed by atoms with Crippen molar-refractivity contribution in [2.45, 2.75) is 26.9 Å². The molecule has 0 aromatic heterocycles. The van der Waals surface area contributed by atoms with Crippen molar-refractivity contribution in [3.05, 3.63) is 60.2 Å². The predicted molar refractivity (Wildman–Crippen MR) is 130 cm³/mol. The van der Waals surface area contributed by atoms with Gasteiger partial charge in [0, 0.05) is 5.56 Å². The Morgan fingerprint density at radius 2 is 1.73 bits per heavy atom. The van der Waals surface area contributed by atoms with Crippen LogP contribution in [0.15, 0.2) is 54.6 Å². The van der Waals surface area contributed by atoms with Gasteiger partial charge in [0.1, 0.15) is 19.7 Å². The average molecular weight is 665 g/mol. The molecule has 2 aromatic carbocycles. The summed E-state index contributed by atoms with van der Waals surface area (Å²) >= 11 is 14.2. The smallest absolute Gasteiger partial charge is 0.311 e. The summed E-state index contributed by atoms with van der Waals surface area (Å²) in [4.78, 5) is 12.8. The molecule has 0 amide bonds. The Hall–Kier alpha value is -0.880. The molecule has 4 unspecified atom stereocenters. The van der Waals surface area contributed by atoms with E-state index in [-0.39, 0.29) is 28.0 Å². The second-order valence-corrected chi connectivity index (χ2v) is 15.6. The van der Waals surface area contributed by atoms with E-state index < -0.39 is 8.25 Å². The normalized spacial score (nSPS) is 21.8. The Balaban J connectivity index is 1.72. The summed E-state index contributed by atoms with van der Waals surface area (Å²) in [5.74, 6) is 0.576. The molecule has 0 saturated heterocycles. The predicted octanol–water partition coefficient (Wildman–Crippen LogP) is 7.46. The van der Waals surface area contributed by atoms with Crippen molar-refractivity contribution < 1.29 is 14.3 Å². The SMILES string of the molecule is CC1(C)C(C(=O)OC(C#N)c2cccc(Oc3ccccc3)c2)C1C(Br)C(Br)(Br)Br. The van der Waals surface area contributed by atoms with Crippen molar-refractivity contribution in [1.82, 2.24) is 0 Å². The number of hydrogen-bond acceptors (Lipinski definition) is 4. The zero-order chi connectivity index (χ0) is 22.1. The molecule has 4 nitrogen and oxygen atoms in total. The first-order valence-electron chi connectivity index (χ1n) is 9.19. The van der Waals surface area contributed by atoms with Crippen molar-refractivity contribution in [2.75, 3.05) is 0 Å². The van der Waals surface area contributed by atoms with Crippen molar-refractivity contribution in [1.29, 1.82) is 5.26 Å². The lowest BCUT2D eigenvalue weighted by atomic mass is 10.1. The number of benzene rings is 2. The van der Waals surface area contributed by atoms with Gasteiger partial charge in [0.15, 0.2) is 0 Å². The molecular weight excluding hydrogens is 646 g/mol. The fourth-order valence-corrected chi connectivity index (χ4v) is 5.44. The average Bonchev–Trinajstić information content (AvgIpc) is 3.27. The molecule has 1 fully saturated rings. The van der Waals surface area contributed by atoms with Crippen LogP contribution in [0, 0.1) is 28.6 Å². The second kappa shape index (κ2) is 9.32. The van der Waals surface area contributed by atoms with E-state index in [9.17, 15) is 10.1 Å². The van der Waals surface area contributed by atoms with Gasteiger partial charge in [0.25, 0.3) is 0 Å². The van der Waals surface area contributed by atoms with E-state index in [1.807, 2.05) is 44.2 Å². The molecule has 0 N–H and O–H groups in total. The number of rotatable bonds is 6. The highest BCUT2D eigenvalue weighted by molar-refractivity contribution is 9.40. The number of hydrogen-bond donors (Lipinski definition) is 0. The summed E-state index contributed by atoms with van der Waals surface area (Å²) < 4.78 is 10.9. The van der Waals surface area contributed by atoms with E-state index in [0.717, 1.165) is 0 Å². The van der Waals surface area contributed by atoms with E-state index in [2.05, 4.69) is 69.8 Å². The second-order valence-electron chi connectivity index (χ2n) is 7.70. The van der Waals surface area contributed by atoms with Crippen molar-refractivity contribution in [3.8, 4) is 17.6 Å². The fraction of sp³-hybridized carbons (Fsp3) is 0.364. The summed E-state index contributed by atoms with van der Waals surface area (Å²) in [5.41, 5.74) is 0.310. The maximum absolute atomic E-state index is 12.9. The molecule has 0 spiro atoms. The first kappa shape index (κ1) is 23.8. The molecular formula is C22H19Br4NO3. The van der Waals surface area contributed by atoms with Crippen LogP contribution < -0.4 is 4.74 Å². The maximum Gasteiger partial charge on any atom is 0.311 e. The third-order valence-corrected chi connectivity index (χ3v) is 9.86. The highest BCUT2D eigenvalue weighted by Crippen LogP contribution is 2.66. The van der Waals surface area contributed by atoms with E-state index in [0.29, 0.717) is 17.1 Å². The molecule has 30 heavy (non-hydrogen) atoms. The van der Waals surface area contributed by atoms with Crippen LogP contribution in [0.25, 0.3) is 0 Å². The standard InChI is InChI=1S/C22H19Br4NO3/c1-21(2)17(19(23)22(24,25)26)18(21)20(28)30-16(12-27)13-7-6-10-15(11-13)29-14-8-4-3-5-9-14/h3-11,16-19H,1-2H3. The van der Waals surface area contributed by atoms with Gasteiger partial charge in [0.2, 0.25) is 6.10 Å². The van der Waals surface area contributed by atoms with Crippen LogP contribution in [-0.2, 0) is 9.53 Å². The Morgan fingerprint density at radius 3 is 2.33 bits per heavy atom. The van der Waals surface area contributed by atoms with Gasteiger partial charge in [-0.15, -0.1) is 0 Å². The maximum atomic E-state index is 12.9. The Bertz CT molecular complexity index is 953. The van der Waals surface area contributed by atoms with Crippen LogP contribution in [-0.4, -0.2) is 12.9 Å². The van der Waals surface area contributed by atoms with Gasteiger partial charge in [-0.1, -0.05) is 108 Å². The zero-order valence-corrected chi connectivity index (χ0v) is 22.5. The number of nitriles is 1. The number of halogens is 4. The van der Waals surface area contributed by atoms with Crippen LogP contribution >= 0.6 is 63.7 Å². The Kier molecular flexibility index (Phi) is 7.38. The molecule has 1 aliphatic carbocycles. The van der Waals surface area contributed by atoms with Crippen molar-refractivity contribution in [3.63, 3.8) is 0 Å². The van der Waals surface area contributed by atoms with Crippen LogP contribution in [0.2, 0.25) is 0 Å². The van der Waals surface area contributed by atoms with Gasteiger partial charge in [0.05, 0.1) is 10.7 Å². The molecule has 158 valence electrons. The number of alkyl halides is 4. The third kappa shape index (κ3) is 5.29. The molecule has 0 aliphatic heterocycles. The Morgan fingerprint density at radius 1 is 1.10 bits per heavy atom. The molecule has 0 heterocycles. The minimum absolute atomic E-state index is 0.0233. The monoisotopic (exact) mass is 661 g/mol. The molecule has 1 saturated carbocycles. The first-order chi connectivity index (χ1) is 14.1. The lowest BCUT2D eigenvalue weighted by Crippen LogP contribution is -2.23. The molecule has 8 heteroatoms. The van der Waals surface area contributed by atoms with Gasteiger partial charge >= 0.3 is 5.97 Å². The van der Waals surface area contributed by atoms with Gasteiger partial charge in [-0.05, 0) is 35.6 Å². The van der Waals surface area contributed by atoms with E-state index in [4.69, 9.17) is 9.47 Å². The third-order valence-electron chi connectivity index (χ3n) is 5.28. The number of nitrogens with zero attached hydrogens (tertiary/aromatic N) is 1. The number of esters is 1. The first-order valence-corrected chi connectivity index (χ1v) is 12.5. The van der Waals surface area contributed by atoms with Crippen LogP contribution in [0.3, 0.4) is 0 Å². The number of carbonyl (C=O) groups excluding carboxylic acids is 1. The number of carbonyl (C=O) groups is 1. The highest BCUT2D eigenvalue weighted by atomic mass is 80.0. The minimum atomic E-state index is -1.01. The summed E-state index contributed by atoms with van der Waals surface area (Å²) in [7, 11) is 0. The zero-order valence-electron chi connectivity index (χ0n) is 16.2. The van der Waals surface area contributed by atoms with E-state index in [1.54, 1.807) is 24.3 Å². The summed E-state index contributed by atoms with van der Waals surface area (Å²) in [6.07, 6.45) is -1.01. The molecule has 1 aliphatic rings. The summed E-state index contributed by atoms with van der Waals surface area (Å²) in [6, 6.07) is 18.5. The van der Waals surface area contributed by atoms with Gasteiger partial charge < -0.3 is 9.47 Å². The van der Waals surface area contributed by atoms with Crippen molar-refractivity contribution >= 4 is 69.7 Å². The number of ether oxygens (including phenoxy) is 2. The molecule has 0 bridgehead atoms. The minimum Gasteiger partial charge on any atom is -0.457 e.